The van der Waals surface area contributed by atoms with Crippen LogP contribution < -0.4 is 5.56 Å². The molecule has 1 saturated heterocycles. The number of carbonyl (C=O) groups is 1. The van der Waals surface area contributed by atoms with Gasteiger partial charge >= 0.3 is 12.1 Å². The van der Waals surface area contributed by atoms with Crippen LogP contribution in [0.25, 0.3) is 0 Å². The van der Waals surface area contributed by atoms with Gasteiger partial charge in [0.25, 0.3) is 5.56 Å². The molecular weight excluding hydrogens is 377 g/mol. The normalized spacial score (nSPS) is 17.0. The topological polar surface area (TPSA) is 71.8 Å². The number of pyridine rings is 1. The van der Waals surface area contributed by atoms with E-state index >= 15 is 0 Å². The Hall–Kier alpha value is -1.87. The van der Waals surface area contributed by atoms with Gasteiger partial charge in [0.2, 0.25) is 0 Å². The van der Waals surface area contributed by atoms with Crippen LogP contribution in [0.5, 0.6) is 0 Å². The number of carboxylic acids is 1. The minimum atomic E-state index is -4.67. The van der Waals surface area contributed by atoms with Gasteiger partial charge in [-0.15, -0.1) is 0 Å². The van der Waals surface area contributed by atoms with E-state index < -0.39 is 29.3 Å². The second kappa shape index (κ2) is 9.09. The summed E-state index contributed by atoms with van der Waals surface area (Å²) in [6, 6.07) is -0.668. The zero-order valence-corrected chi connectivity index (χ0v) is 16.3. The van der Waals surface area contributed by atoms with E-state index in [9.17, 15) is 27.9 Å². The number of ether oxygens (including phenoxy) is 1. The molecule has 0 bridgehead atoms. The SMILES string of the molecule is COCC1CN(CCc2cn(C(CC(C)C)C(=O)O)c(=O)cc2C(F)(F)F)C1. The first-order valence-corrected chi connectivity index (χ1v) is 9.29. The lowest BCUT2D eigenvalue weighted by molar-refractivity contribution is -0.141. The minimum absolute atomic E-state index is 0.0300. The third-order valence-electron chi connectivity index (χ3n) is 4.92. The number of nitrogens with zero attached hydrogens (tertiary/aromatic N) is 2. The van der Waals surface area contributed by atoms with Crippen LogP contribution in [0.15, 0.2) is 17.1 Å². The van der Waals surface area contributed by atoms with Crippen molar-refractivity contribution in [3.05, 3.63) is 33.7 Å². The van der Waals surface area contributed by atoms with E-state index in [-0.39, 0.29) is 24.3 Å². The Bertz CT molecular complexity index is 740. The van der Waals surface area contributed by atoms with Gasteiger partial charge in [-0.05, 0) is 24.3 Å². The van der Waals surface area contributed by atoms with Crippen molar-refractivity contribution in [2.75, 3.05) is 33.4 Å². The van der Waals surface area contributed by atoms with E-state index in [1.807, 2.05) is 4.90 Å². The molecule has 6 nitrogen and oxygen atoms in total. The standard InChI is InChI=1S/C19H27F3N2O4/c1-12(2)6-16(18(26)27)24-10-14(15(7-17(24)25)19(20,21)22)4-5-23-8-13(9-23)11-28-3/h7,10,12-13,16H,4-6,8-9,11H2,1-3H3,(H,26,27). The molecule has 1 atom stereocenters. The zero-order valence-electron chi connectivity index (χ0n) is 16.3. The summed E-state index contributed by atoms with van der Waals surface area (Å²) >= 11 is 0. The molecule has 9 heteroatoms. The predicted octanol–water partition coefficient (Wildman–Crippen LogP) is 2.66. The van der Waals surface area contributed by atoms with Gasteiger partial charge < -0.3 is 19.3 Å². The van der Waals surface area contributed by atoms with Gasteiger partial charge in [0.15, 0.2) is 0 Å². The van der Waals surface area contributed by atoms with E-state index in [1.54, 1.807) is 21.0 Å². The lowest BCUT2D eigenvalue weighted by Gasteiger charge is -2.39. The summed E-state index contributed by atoms with van der Waals surface area (Å²) in [5.74, 6) is -0.882. The van der Waals surface area contributed by atoms with Gasteiger partial charge in [0.05, 0.1) is 12.2 Å². The third-order valence-corrected chi connectivity index (χ3v) is 4.92. The molecule has 0 radical (unpaired) electrons. The average Bonchev–Trinajstić information content (AvgIpc) is 2.54. The van der Waals surface area contributed by atoms with Gasteiger partial charge in [-0.25, -0.2) is 4.79 Å². The van der Waals surface area contributed by atoms with Crippen LogP contribution in [0.1, 0.15) is 37.4 Å². The maximum Gasteiger partial charge on any atom is 0.416 e. The van der Waals surface area contributed by atoms with Crippen molar-refractivity contribution >= 4 is 5.97 Å². The van der Waals surface area contributed by atoms with Gasteiger partial charge in [0.1, 0.15) is 6.04 Å². The average molecular weight is 404 g/mol. The number of hydrogen-bond acceptors (Lipinski definition) is 4. The number of alkyl halides is 3. The Kier molecular flexibility index (Phi) is 7.28. The fourth-order valence-corrected chi connectivity index (χ4v) is 3.56. The van der Waals surface area contributed by atoms with Gasteiger partial charge in [0, 0.05) is 44.9 Å². The minimum Gasteiger partial charge on any atom is -0.480 e. The lowest BCUT2D eigenvalue weighted by atomic mass is 9.99. The van der Waals surface area contributed by atoms with Crippen molar-refractivity contribution in [2.24, 2.45) is 11.8 Å². The molecule has 1 aliphatic heterocycles. The first kappa shape index (κ1) is 22.4. The first-order chi connectivity index (χ1) is 13.0. The van der Waals surface area contributed by atoms with Crippen LogP contribution in [0.2, 0.25) is 0 Å². The van der Waals surface area contributed by atoms with E-state index in [2.05, 4.69) is 0 Å². The molecular formula is C19H27F3N2O4. The highest BCUT2D eigenvalue weighted by Crippen LogP contribution is 2.32. The highest BCUT2D eigenvalue weighted by molar-refractivity contribution is 5.71. The fraction of sp³-hybridized carbons (Fsp3) is 0.684. The van der Waals surface area contributed by atoms with Crippen LogP contribution >= 0.6 is 0 Å². The van der Waals surface area contributed by atoms with Crippen LogP contribution in [0.3, 0.4) is 0 Å². The number of methoxy groups -OCH3 is 1. The largest absolute Gasteiger partial charge is 0.480 e. The second-order valence-corrected chi connectivity index (χ2v) is 7.77. The van der Waals surface area contributed by atoms with Crippen molar-refractivity contribution in [2.45, 2.75) is 38.9 Å². The van der Waals surface area contributed by atoms with Crippen LogP contribution in [-0.4, -0.2) is 53.9 Å². The van der Waals surface area contributed by atoms with E-state index in [1.165, 1.54) is 0 Å². The molecule has 1 fully saturated rings. The van der Waals surface area contributed by atoms with E-state index in [4.69, 9.17) is 4.74 Å². The summed E-state index contributed by atoms with van der Waals surface area (Å²) in [6.45, 7) is 6.12. The van der Waals surface area contributed by atoms with Crippen molar-refractivity contribution in [1.82, 2.24) is 9.47 Å². The molecule has 0 amide bonds. The highest BCUT2D eigenvalue weighted by atomic mass is 19.4. The smallest absolute Gasteiger partial charge is 0.416 e. The Balaban J connectivity index is 2.28. The number of rotatable bonds is 9. The Labute approximate surface area is 161 Å². The molecule has 158 valence electrons. The number of hydrogen-bond donors (Lipinski definition) is 1. The van der Waals surface area contributed by atoms with E-state index in [0.717, 1.165) is 23.9 Å². The maximum atomic E-state index is 13.4. The summed E-state index contributed by atoms with van der Waals surface area (Å²) in [7, 11) is 1.61. The summed E-state index contributed by atoms with van der Waals surface area (Å²) < 4.78 is 46.2. The van der Waals surface area contributed by atoms with Crippen LogP contribution in [-0.2, 0) is 22.1 Å². The molecule has 1 unspecified atom stereocenters. The van der Waals surface area contributed by atoms with Crippen molar-refractivity contribution in [3.8, 4) is 0 Å². The molecule has 2 rings (SSSR count). The monoisotopic (exact) mass is 404 g/mol. The number of aromatic nitrogens is 1. The van der Waals surface area contributed by atoms with Gasteiger partial charge in [-0.3, -0.25) is 4.79 Å². The van der Waals surface area contributed by atoms with Crippen molar-refractivity contribution in [3.63, 3.8) is 0 Å². The molecule has 0 aliphatic carbocycles. The number of halogens is 3. The summed E-state index contributed by atoms with van der Waals surface area (Å²) in [6.07, 6.45) is -3.34. The molecule has 0 saturated carbocycles. The molecule has 1 N–H and O–H groups in total. The maximum absolute atomic E-state index is 13.4. The summed E-state index contributed by atoms with van der Waals surface area (Å²) in [5.41, 5.74) is -2.00. The third kappa shape index (κ3) is 5.57. The van der Waals surface area contributed by atoms with Crippen molar-refractivity contribution in [1.29, 1.82) is 0 Å². The highest BCUT2D eigenvalue weighted by Gasteiger charge is 2.36. The molecule has 0 aromatic carbocycles. The number of carboxylic acid groups (broad SMARTS) is 1. The van der Waals surface area contributed by atoms with Gasteiger partial charge in [-0.1, -0.05) is 13.8 Å². The second-order valence-electron chi connectivity index (χ2n) is 7.77. The predicted molar refractivity (Wildman–Crippen MR) is 97.3 cm³/mol. The summed E-state index contributed by atoms with van der Waals surface area (Å²) in [4.78, 5) is 25.9. The molecule has 0 spiro atoms. The fourth-order valence-electron chi connectivity index (χ4n) is 3.56. The molecule has 1 aromatic heterocycles. The first-order valence-electron chi connectivity index (χ1n) is 9.29. The zero-order chi connectivity index (χ0) is 21.1. The van der Waals surface area contributed by atoms with Crippen molar-refractivity contribution < 1.29 is 27.8 Å². The molecule has 28 heavy (non-hydrogen) atoms. The quantitative estimate of drug-likeness (QED) is 0.685. The Morgan fingerprint density at radius 3 is 2.50 bits per heavy atom. The van der Waals surface area contributed by atoms with Crippen LogP contribution in [0.4, 0.5) is 13.2 Å². The number of aliphatic carboxylic acids is 1. The van der Waals surface area contributed by atoms with Gasteiger partial charge in [-0.2, -0.15) is 13.2 Å². The number of likely N-dealkylation sites (tertiary alicyclic amines) is 1. The molecule has 1 aromatic rings. The lowest BCUT2D eigenvalue weighted by Crippen LogP contribution is -2.49. The van der Waals surface area contributed by atoms with Crippen LogP contribution in [0, 0.1) is 11.8 Å². The van der Waals surface area contributed by atoms with E-state index in [0.29, 0.717) is 25.1 Å². The Morgan fingerprint density at radius 2 is 2.00 bits per heavy atom. The summed E-state index contributed by atoms with van der Waals surface area (Å²) in [5, 5.41) is 9.46. The Morgan fingerprint density at radius 1 is 1.36 bits per heavy atom. The molecule has 1 aliphatic rings. The molecule has 2 heterocycles.